The molecule has 11 heteroatoms. The van der Waals surface area contributed by atoms with Gasteiger partial charge in [-0.3, -0.25) is 9.52 Å². The number of amides is 1. The Bertz CT molecular complexity index is 1350. The first-order valence-corrected chi connectivity index (χ1v) is 14.2. The molecule has 0 spiro atoms. The average Bonchev–Trinajstić information content (AvgIpc) is 2.91. The van der Waals surface area contributed by atoms with Gasteiger partial charge in [0.05, 0.1) is 38.2 Å². The molecule has 2 atom stereocenters. The molecule has 0 saturated heterocycles. The van der Waals surface area contributed by atoms with Crippen molar-refractivity contribution < 1.29 is 32.9 Å². The fourth-order valence-electron chi connectivity index (χ4n) is 4.05. The third-order valence-electron chi connectivity index (χ3n) is 6.07. The number of ether oxygens (including phenoxy) is 2. The molecule has 3 aromatic rings. The number of hydrogen-bond donors (Lipinski definition) is 5. The van der Waals surface area contributed by atoms with Crippen molar-refractivity contribution in [2.45, 2.75) is 18.4 Å². The van der Waals surface area contributed by atoms with Crippen LogP contribution in [-0.2, 0) is 21.2 Å². The topological polar surface area (TPSA) is 146 Å². The second kappa shape index (κ2) is 13.8. The van der Waals surface area contributed by atoms with Crippen molar-refractivity contribution >= 4 is 21.6 Å². The van der Waals surface area contributed by atoms with Crippen molar-refractivity contribution in [2.75, 3.05) is 44.8 Å². The number of carbonyl (C=O) groups is 1. The third kappa shape index (κ3) is 8.88. The SMILES string of the molecule is COc1ccc(C(CNC[C@H](O)c2ccc(O)c(NS(C)(=O)=O)c2)C(=O)NCCc2ccccc2)cc1OC. The number of aromatic hydroxyl groups is 1. The number of phenolic OH excluding ortho intramolecular Hbond substituents is 1. The third-order valence-corrected chi connectivity index (χ3v) is 6.66. The number of methoxy groups -OCH3 is 2. The van der Waals surface area contributed by atoms with Gasteiger partial charge in [-0.15, -0.1) is 0 Å². The van der Waals surface area contributed by atoms with Crippen LogP contribution < -0.4 is 24.8 Å². The normalized spacial score (nSPS) is 12.8. The van der Waals surface area contributed by atoms with Crippen molar-refractivity contribution in [1.29, 1.82) is 0 Å². The Balaban J connectivity index is 1.71. The van der Waals surface area contributed by atoms with Crippen molar-refractivity contribution in [1.82, 2.24) is 10.6 Å². The maximum atomic E-state index is 13.3. The summed E-state index contributed by atoms with van der Waals surface area (Å²) < 4.78 is 36.1. The summed E-state index contributed by atoms with van der Waals surface area (Å²) in [6.45, 7) is 0.735. The van der Waals surface area contributed by atoms with E-state index in [2.05, 4.69) is 15.4 Å². The van der Waals surface area contributed by atoms with Gasteiger partial charge in [-0.1, -0.05) is 42.5 Å². The van der Waals surface area contributed by atoms with Crippen LogP contribution >= 0.6 is 0 Å². The van der Waals surface area contributed by atoms with Crippen LogP contribution in [0.2, 0.25) is 0 Å². The highest BCUT2D eigenvalue weighted by molar-refractivity contribution is 7.92. The van der Waals surface area contributed by atoms with Crippen LogP contribution in [0.1, 0.15) is 28.7 Å². The predicted molar refractivity (Wildman–Crippen MR) is 150 cm³/mol. The van der Waals surface area contributed by atoms with E-state index >= 15 is 0 Å². The van der Waals surface area contributed by atoms with Crippen molar-refractivity contribution in [3.8, 4) is 17.2 Å². The number of benzene rings is 3. The zero-order valence-electron chi connectivity index (χ0n) is 22.2. The maximum Gasteiger partial charge on any atom is 0.229 e. The number of hydrogen-bond acceptors (Lipinski definition) is 8. The summed E-state index contributed by atoms with van der Waals surface area (Å²) in [6, 6.07) is 19.3. The number of anilines is 1. The first-order chi connectivity index (χ1) is 18.6. The molecule has 0 radical (unpaired) electrons. The van der Waals surface area contributed by atoms with E-state index in [1.807, 2.05) is 30.3 Å². The lowest BCUT2D eigenvalue weighted by atomic mass is 9.97. The van der Waals surface area contributed by atoms with Gasteiger partial charge in [-0.25, -0.2) is 8.42 Å². The number of aliphatic hydroxyl groups is 1. The van der Waals surface area contributed by atoms with Crippen LogP contribution in [0.3, 0.4) is 0 Å². The molecule has 0 bridgehead atoms. The molecule has 0 aliphatic carbocycles. The molecule has 0 heterocycles. The zero-order valence-corrected chi connectivity index (χ0v) is 23.0. The molecule has 10 nitrogen and oxygen atoms in total. The van der Waals surface area contributed by atoms with E-state index in [4.69, 9.17) is 9.47 Å². The second-order valence-corrected chi connectivity index (χ2v) is 10.8. The minimum atomic E-state index is -3.62. The average molecular weight is 558 g/mol. The van der Waals surface area contributed by atoms with Crippen molar-refractivity contribution in [3.63, 3.8) is 0 Å². The number of rotatable bonds is 14. The summed E-state index contributed by atoms with van der Waals surface area (Å²) in [7, 11) is -0.558. The minimum Gasteiger partial charge on any atom is -0.506 e. The van der Waals surface area contributed by atoms with Crippen molar-refractivity contribution in [2.24, 2.45) is 0 Å². The van der Waals surface area contributed by atoms with Gasteiger partial charge < -0.3 is 30.3 Å². The van der Waals surface area contributed by atoms with Gasteiger partial charge in [0.2, 0.25) is 15.9 Å². The Hall–Kier alpha value is -3.80. The first kappa shape index (κ1) is 29.8. The fraction of sp³-hybridized carbons (Fsp3) is 0.321. The van der Waals surface area contributed by atoms with Crippen LogP contribution in [0.15, 0.2) is 66.7 Å². The number of phenols is 1. The lowest BCUT2D eigenvalue weighted by Crippen LogP contribution is -2.37. The molecule has 3 rings (SSSR count). The van der Waals surface area contributed by atoms with Gasteiger partial charge >= 0.3 is 0 Å². The van der Waals surface area contributed by atoms with E-state index in [0.29, 0.717) is 35.6 Å². The summed E-state index contributed by atoms with van der Waals surface area (Å²) in [4.78, 5) is 13.3. The quantitative estimate of drug-likeness (QED) is 0.190. The molecule has 5 N–H and O–H groups in total. The highest BCUT2D eigenvalue weighted by Crippen LogP contribution is 2.31. The largest absolute Gasteiger partial charge is 0.506 e. The summed E-state index contributed by atoms with van der Waals surface area (Å²) in [5.74, 6) is -0.0182. The monoisotopic (exact) mass is 557 g/mol. The Kier molecular flexibility index (Phi) is 10.6. The lowest BCUT2D eigenvalue weighted by Gasteiger charge is -2.21. The second-order valence-electron chi connectivity index (χ2n) is 9.02. The molecule has 0 aliphatic rings. The van der Waals surface area contributed by atoms with E-state index in [-0.39, 0.29) is 30.4 Å². The van der Waals surface area contributed by atoms with E-state index in [9.17, 15) is 23.4 Å². The fourth-order valence-corrected chi connectivity index (χ4v) is 4.62. The van der Waals surface area contributed by atoms with E-state index < -0.39 is 22.0 Å². The molecule has 0 fully saturated rings. The highest BCUT2D eigenvalue weighted by Gasteiger charge is 2.23. The van der Waals surface area contributed by atoms with E-state index in [1.165, 1.54) is 32.4 Å². The Labute approximate surface area is 229 Å². The summed E-state index contributed by atoms with van der Waals surface area (Å²) in [6.07, 6.45) is 0.621. The van der Waals surface area contributed by atoms with Gasteiger partial charge in [0.1, 0.15) is 5.75 Å². The molecule has 0 aromatic heterocycles. The molecular weight excluding hydrogens is 522 g/mol. The molecular formula is C28H35N3O7S. The highest BCUT2D eigenvalue weighted by atomic mass is 32.2. The minimum absolute atomic E-state index is 0.0324. The van der Waals surface area contributed by atoms with Gasteiger partial charge in [-0.2, -0.15) is 0 Å². The van der Waals surface area contributed by atoms with Gasteiger partial charge in [0, 0.05) is 19.6 Å². The summed E-state index contributed by atoms with van der Waals surface area (Å²) in [5.41, 5.74) is 2.17. The molecule has 1 unspecified atom stereocenters. The smallest absolute Gasteiger partial charge is 0.229 e. The lowest BCUT2D eigenvalue weighted by molar-refractivity contribution is -0.122. The number of carbonyl (C=O) groups excluding carboxylic acids is 1. The molecule has 39 heavy (non-hydrogen) atoms. The molecule has 1 amide bonds. The van der Waals surface area contributed by atoms with Crippen molar-refractivity contribution in [3.05, 3.63) is 83.4 Å². The van der Waals surface area contributed by atoms with Crippen LogP contribution in [0, 0.1) is 0 Å². The Morgan fingerprint density at radius 3 is 2.28 bits per heavy atom. The predicted octanol–water partition coefficient (Wildman–Crippen LogP) is 2.55. The number of sulfonamides is 1. The standard InChI is InChI=1S/C28H35N3O7S/c1-37-26-12-10-20(16-27(26)38-2)22(28(34)30-14-13-19-7-5-4-6-8-19)17-29-18-25(33)21-9-11-24(32)23(15-21)31-39(3,35)36/h4-12,15-16,22,25,29,31-33H,13-14,17-18H2,1-3H3,(H,30,34)/t22?,25-/m0/s1. The maximum absolute atomic E-state index is 13.3. The van der Waals surface area contributed by atoms with Crippen LogP contribution in [0.5, 0.6) is 17.2 Å². The van der Waals surface area contributed by atoms with Gasteiger partial charge in [-0.05, 0) is 47.4 Å². The Morgan fingerprint density at radius 1 is 0.923 bits per heavy atom. The van der Waals surface area contributed by atoms with Crippen LogP contribution in [0.4, 0.5) is 5.69 Å². The number of nitrogens with one attached hydrogen (secondary N) is 3. The molecule has 3 aromatic carbocycles. The van der Waals surface area contributed by atoms with Crippen LogP contribution in [0.25, 0.3) is 0 Å². The van der Waals surface area contributed by atoms with Gasteiger partial charge in [0.25, 0.3) is 0 Å². The number of aliphatic hydroxyl groups excluding tert-OH is 1. The van der Waals surface area contributed by atoms with Gasteiger partial charge in [0.15, 0.2) is 11.5 Å². The summed E-state index contributed by atoms with van der Waals surface area (Å²) >= 11 is 0. The molecule has 0 aliphatic heterocycles. The molecule has 0 saturated carbocycles. The zero-order chi connectivity index (χ0) is 28.4. The summed E-state index contributed by atoms with van der Waals surface area (Å²) in [5, 5.41) is 26.8. The van der Waals surface area contributed by atoms with E-state index in [1.54, 1.807) is 18.2 Å². The molecule has 210 valence electrons. The van der Waals surface area contributed by atoms with E-state index in [0.717, 1.165) is 11.8 Å². The first-order valence-electron chi connectivity index (χ1n) is 12.3. The van der Waals surface area contributed by atoms with Crippen LogP contribution in [-0.4, -0.2) is 64.6 Å². The Morgan fingerprint density at radius 2 is 1.62 bits per heavy atom.